The summed E-state index contributed by atoms with van der Waals surface area (Å²) in [6.07, 6.45) is 0. The molecule has 2 rings (SSSR count). The Kier molecular flexibility index (Phi) is 2.87. The first-order chi connectivity index (χ1) is 7.25. The molecule has 0 aliphatic carbocycles. The summed E-state index contributed by atoms with van der Waals surface area (Å²) in [5.74, 6) is 0.764. The van der Waals surface area contributed by atoms with Gasteiger partial charge in [-0.05, 0) is 35.9 Å². The second-order valence-electron chi connectivity index (χ2n) is 3.13. The van der Waals surface area contributed by atoms with Crippen LogP contribution in [0, 0.1) is 0 Å². The number of benzene rings is 1. The lowest BCUT2D eigenvalue weighted by atomic mass is 10.2. The number of hydrogen-bond donors (Lipinski definition) is 2. The topological polar surface area (TPSA) is 53.5 Å². The van der Waals surface area contributed by atoms with Gasteiger partial charge in [0.15, 0.2) is 5.96 Å². The first kappa shape index (κ1) is 9.98. The minimum Gasteiger partial charge on any atom is -0.354 e. The van der Waals surface area contributed by atoms with Gasteiger partial charge in [-0.25, -0.2) is 0 Å². The molecule has 0 saturated heterocycles. The van der Waals surface area contributed by atoms with Gasteiger partial charge >= 0.3 is 0 Å². The number of aliphatic imine (C=N–C) groups is 1. The normalized spacial score (nSPS) is 14.3. The number of carbonyl (C=O) groups excluding carboxylic acids is 1. The SMILES string of the molecule is O=C(Cl)c1ccc(NC2=NCCN2)cc1. The van der Waals surface area contributed by atoms with Crippen molar-refractivity contribution in [1.82, 2.24) is 5.32 Å². The Morgan fingerprint density at radius 1 is 1.40 bits per heavy atom. The van der Waals surface area contributed by atoms with Gasteiger partial charge < -0.3 is 10.6 Å². The molecule has 0 radical (unpaired) electrons. The molecule has 1 aliphatic rings. The van der Waals surface area contributed by atoms with Crippen LogP contribution < -0.4 is 10.6 Å². The van der Waals surface area contributed by atoms with E-state index in [0.717, 1.165) is 24.7 Å². The number of carbonyl (C=O) groups is 1. The molecule has 5 heteroatoms. The van der Waals surface area contributed by atoms with Gasteiger partial charge in [0.25, 0.3) is 5.24 Å². The molecule has 1 aromatic carbocycles. The van der Waals surface area contributed by atoms with Crippen molar-refractivity contribution in [3.63, 3.8) is 0 Å². The largest absolute Gasteiger partial charge is 0.354 e. The van der Waals surface area contributed by atoms with Crippen LogP contribution in [0.25, 0.3) is 0 Å². The highest BCUT2D eigenvalue weighted by atomic mass is 35.5. The number of rotatable bonds is 2. The number of hydrogen-bond acceptors (Lipinski definition) is 4. The smallest absolute Gasteiger partial charge is 0.252 e. The summed E-state index contributed by atoms with van der Waals surface area (Å²) in [7, 11) is 0. The molecule has 1 heterocycles. The molecule has 0 unspecified atom stereocenters. The molecule has 4 nitrogen and oxygen atoms in total. The van der Waals surface area contributed by atoms with Crippen molar-refractivity contribution >= 4 is 28.5 Å². The van der Waals surface area contributed by atoms with E-state index in [-0.39, 0.29) is 0 Å². The zero-order chi connectivity index (χ0) is 10.7. The third kappa shape index (κ3) is 2.47. The third-order valence-corrected chi connectivity index (χ3v) is 2.27. The predicted molar refractivity (Wildman–Crippen MR) is 60.6 cm³/mol. The molecule has 0 spiro atoms. The average molecular weight is 224 g/mol. The van der Waals surface area contributed by atoms with Crippen molar-refractivity contribution < 1.29 is 4.79 Å². The van der Waals surface area contributed by atoms with Crippen molar-refractivity contribution in [3.05, 3.63) is 29.8 Å². The Morgan fingerprint density at radius 3 is 2.67 bits per heavy atom. The average Bonchev–Trinajstić information content (AvgIpc) is 2.71. The van der Waals surface area contributed by atoms with Crippen molar-refractivity contribution in [2.24, 2.45) is 4.99 Å². The van der Waals surface area contributed by atoms with E-state index in [1.165, 1.54) is 0 Å². The molecular weight excluding hydrogens is 214 g/mol. The summed E-state index contributed by atoms with van der Waals surface area (Å²) in [5.41, 5.74) is 1.37. The van der Waals surface area contributed by atoms with Crippen LogP contribution in [0.15, 0.2) is 29.3 Å². The molecule has 0 fully saturated rings. The number of guanidine groups is 1. The van der Waals surface area contributed by atoms with E-state index in [1.54, 1.807) is 24.3 Å². The summed E-state index contributed by atoms with van der Waals surface area (Å²) in [5, 5.41) is 5.73. The lowest BCUT2D eigenvalue weighted by Crippen LogP contribution is -2.26. The maximum absolute atomic E-state index is 10.8. The van der Waals surface area contributed by atoms with Gasteiger partial charge in [-0.1, -0.05) is 0 Å². The van der Waals surface area contributed by atoms with Crippen molar-refractivity contribution in [2.75, 3.05) is 18.4 Å². The summed E-state index contributed by atoms with van der Waals surface area (Å²) in [6, 6.07) is 6.93. The van der Waals surface area contributed by atoms with Crippen molar-refractivity contribution in [2.45, 2.75) is 0 Å². The van der Waals surface area contributed by atoms with E-state index in [0.29, 0.717) is 5.56 Å². The molecule has 1 aliphatic heterocycles. The van der Waals surface area contributed by atoms with Gasteiger partial charge in [-0.15, -0.1) is 0 Å². The Morgan fingerprint density at radius 2 is 2.13 bits per heavy atom. The first-order valence-corrected chi connectivity index (χ1v) is 4.99. The highest BCUT2D eigenvalue weighted by molar-refractivity contribution is 6.67. The van der Waals surface area contributed by atoms with Crippen LogP contribution in [0.3, 0.4) is 0 Å². The predicted octanol–water partition coefficient (Wildman–Crippen LogP) is 1.44. The van der Waals surface area contributed by atoms with Crippen LogP contribution in [-0.4, -0.2) is 24.3 Å². The van der Waals surface area contributed by atoms with E-state index in [1.807, 2.05) is 0 Å². The number of nitrogens with zero attached hydrogens (tertiary/aromatic N) is 1. The van der Waals surface area contributed by atoms with E-state index >= 15 is 0 Å². The van der Waals surface area contributed by atoms with Crippen LogP contribution in [0.4, 0.5) is 5.69 Å². The fraction of sp³-hybridized carbons (Fsp3) is 0.200. The van der Waals surface area contributed by atoms with Gasteiger partial charge in [-0.2, -0.15) is 0 Å². The van der Waals surface area contributed by atoms with Gasteiger partial charge in [0, 0.05) is 17.8 Å². The minimum absolute atomic E-state index is 0.446. The van der Waals surface area contributed by atoms with E-state index in [2.05, 4.69) is 15.6 Å². The monoisotopic (exact) mass is 223 g/mol. The Balaban J connectivity index is 2.06. The van der Waals surface area contributed by atoms with E-state index in [4.69, 9.17) is 11.6 Å². The molecule has 15 heavy (non-hydrogen) atoms. The lowest BCUT2D eigenvalue weighted by molar-refractivity contribution is 0.108. The molecule has 0 amide bonds. The number of anilines is 1. The zero-order valence-corrected chi connectivity index (χ0v) is 8.71. The maximum Gasteiger partial charge on any atom is 0.252 e. The Bertz CT molecular complexity index is 400. The Labute approximate surface area is 92.3 Å². The lowest BCUT2D eigenvalue weighted by Gasteiger charge is -2.06. The van der Waals surface area contributed by atoms with Crippen LogP contribution >= 0.6 is 11.6 Å². The molecule has 0 atom stereocenters. The standard InChI is InChI=1S/C10H10ClN3O/c11-9(15)7-1-3-8(4-2-7)14-10-12-5-6-13-10/h1-4H,5-6H2,(H2,12,13,14). The molecule has 0 aromatic heterocycles. The summed E-state index contributed by atoms with van der Waals surface area (Å²) < 4.78 is 0. The van der Waals surface area contributed by atoms with Crippen LogP contribution in [0.2, 0.25) is 0 Å². The van der Waals surface area contributed by atoms with Gasteiger partial charge in [-0.3, -0.25) is 9.79 Å². The minimum atomic E-state index is -0.446. The molecule has 78 valence electrons. The Hall–Kier alpha value is -1.55. The molecule has 0 bridgehead atoms. The summed E-state index contributed by atoms with van der Waals surface area (Å²) in [4.78, 5) is 15.0. The second-order valence-corrected chi connectivity index (χ2v) is 3.48. The molecule has 2 N–H and O–H groups in total. The highest BCUT2D eigenvalue weighted by Gasteiger charge is 2.05. The molecule has 0 saturated carbocycles. The van der Waals surface area contributed by atoms with Crippen molar-refractivity contribution in [3.8, 4) is 0 Å². The first-order valence-electron chi connectivity index (χ1n) is 4.61. The molecule has 1 aromatic rings. The quantitative estimate of drug-likeness (QED) is 0.746. The third-order valence-electron chi connectivity index (χ3n) is 2.05. The van der Waals surface area contributed by atoms with Gasteiger partial charge in [0.2, 0.25) is 0 Å². The molecular formula is C10H10ClN3O. The van der Waals surface area contributed by atoms with Crippen LogP contribution in [-0.2, 0) is 0 Å². The van der Waals surface area contributed by atoms with Crippen LogP contribution in [0.5, 0.6) is 0 Å². The number of nitrogens with one attached hydrogen (secondary N) is 2. The number of halogens is 1. The van der Waals surface area contributed by atoms with Crippen molar-refractivity contribution in [1.29, 1.82) is 0 Å². The fourth-order valence-corrected chi connectivity index (χ4v) is 1.43. The highest BCUT2D eigenvalue weighted by Crippen LogP contribution is 2.11. The fourth-order valence-electron chi connectivity index (χ4n) is 1.30. The maximum atomic E-state index is 10.8. The van der Waals surface area contributed by atoms with E-state index in [9.17, 15) is 4.79 Å². The summed E-state index contributed by atoms with van der Waals surface area (Å²) >= 11 is 5.33. The van der Waals surface area contributed by atoms with Gasteiger partial charge in [0.05, 0.1) is 6.54 Å². The van der Waals surface area contributed by atoms with Crippen LogP contribution in [0.1, 0.15) is 10.4 Å². The van der Waals surface area contributed by atoms with E-state index < -0.39 is 5.24 Å². The second kappa shape index (κ2) is 4.31. The van der Waals surface area contributed by atoms with Gasteiger partial charge in [0.1, 0.15) is 0 Å². The zero-order valence-electron chi connectivity index (χ0n) is 7.96. The summed E-state index contributed by atoms with van der Waals surface area (Å²) in [6.45, 7) is 1.65.